The minimum Gasteiger partial charge on any atom is -0.291 e. The summed E-state index contributed by atoms with van der Waals surface area (Å²) < 4.78 is 27.5. The first-order chi connectivity index (χ1) is 12.4. The number of aryl methyl sites for hydroxylation is 1. The number of nitrogens with one attached hydrogen (secondary N) is 1. The monoisotopic (exact) mass is 369 g/mol. The molecule has 1 aliphatic rings. The molecule has 7 nitrogen and oxygen atoms in total. The zero-order valence-corrected chi connectivity index (χ0v) is 15.5. The number of anilines is 1. The SMILES string of the molecule is CC1=NNC(C)N1c1ccc2c(C)cn(S(=O)(=O)c3ccccc3)c2n1. The summed E-state index contributed by atoms with van der Waals surface area (Å²) in [5.74, 6) is 1.43. The molecule has 134 valence electrons. The van der Waals surface area contributed by atoms with Gasteiger partial charge in [-0.25, -0.2) is 17.4 Å². The van der Waals surface area contributed by atoms with Crippen LogP contribution in [0, 0.1) is 6.92 Å². The largest absolute Gasteiger partial charge is 0.291 e. The van der Waals surface area contributed by atoms with Gasteiger partial charge in [-0.05, 0) is 50.6 Å². The fourth-order valence-electron chi connectivity index (χ4n) is 3.19. The first-order valence-electron chi connectivity index (χ1n) is 8.28. The van der Waals surface area contributed by atoms with E-state index in [0.29, 0.717) is 11.5 Å². The average molecular weight is 369 g/mol. The molecule has 0 fully saturated rings. The number of rotatable bonds is 3. The Labute approximate surface area is 152 Å². The Morgan fingerprint density at radius 3 is 2.46 bits per heavy atom. The molecule has 0 amide bonds. The van der Waals surface area contributed by atoms with Crippen LogP contribution in [0.3, 0.4) is 0 Å². The Kier molecular flexibility index (Phi) is 3.73. The minimum atomic E-state index is -3.72. The van der Waals surface area contributed by atoms with Crippen molar-refractivity contribution in [3.8, 4) is 0 Å². The van der Waals surface area contributed by atoms with Crippen molar-refractivity contribution in [2.45, 2.75) is 31.8 Å². The normalized spacial score (nSPS) is 17.4. The molecule has 8 heteroatoms. The van der Waals surface area contributed by atoms with Crippen LogP contribution in [0.5, 0.6) is 0 Å². The van der Waals surface area contributed by atoms with Crippen LogP contribution in [0.25, 0.3) is 11.0 Å². The van der Waals surface area contributed by atoms with E-state index in [1.807, 2.05) is 37.8 Å². The Morgan fingerprint density at radius 1 is 1.08 bits per heavy atom. The third-order valence-corrected chi connectivity index (χ3v) is 6.17. The van der Waals surface area contributed by atoms with Crippen LogP contribution in [-0.4, -0.2) is 29.4 Å². The number of aromatic nitrogens is 2. The van der Waals surface area contributed by atoms with Crippen LogP contribution >= 0.6 is 0 Å². The number of pyridine rings is 1. The minimum absolute atomic E-state index is 0.0461. The van der Waals surface area contributed by atoms with Crippen LogP contribution in [0.15, 0.2) is 58.7 Å². The van der Waals surface area contributed by atoms with E-state index < -0.39 is 10.0 Å². The van der Waals surface area contributed by atoms with Crippen molar-refractivity contribution < 1.29 is 8.42 Å². The molecule has 26 heavy (non-hydrogen) atoms. The fourth-order valence-corrected chi connectivity index (χ4v) is 4.58. The molecule has 1 N–H and O–H groups in total. The number of hydrogen-bond acceptors (Lipinski definition) is 6. The lowest BCUT2D eigenvalue weighted by atomic mass is 10.2. The Hall–Kier alpha value is -2.87. The van der Waals surface area contributed by atoms with E-state index in [9.17, 15) is 8.42 Å². The van der Waals surface area contributed by atoms with E-state index in [2.05, 4.69) is 15.5 Å². The van der Waals surface area contributed by atoms with E-state index in [4.69, 9.17) is 0 Å². The van der Waals surface area contributed by atoms with Crippen molar-refractivity contribution in [1.29, 1.82) is 0 Å². The summed E-state index contributed by atoms with van der Waals surface area (Å²) in [6.45, 7) is 5.73. The molecule has 4 rings (SSSR count). The number of amidine groups is 1. The Bertz CT molecular complexity index is 1120. The first kappa shape index (κ1) is 16.6. The maximum absolute atomic E-state index is 13.1. The van der Waals surface area contributed by atoms with Crippen molar-refractivity contribution in [2.75, 3.05) is 4.90 Å². The molecule has 2 aromatic heterocycles. The van der Waals surface area contributed by atoms with Crippen LogP contribution in [0.1, 0.15) is 19.4 Å². The summed E-state index contributed by atoms with van der Waals surface area (Å²) in [5, 5.41) is 5.01. The Morgan fingerprint density at radius 2 is 1.81 bits per heavy atom. The third kappa shape index (κ3) is 2.45. The lowest BCUT2D eigenvalue weighted by molar-refractivity contribution is 0.588. The van der Waals surface area contributed by atoms with Gasteiger partial charge in [0.05, 0.1) is 4.90 Å². The van der Waals surface area contributed by atoms with E-state index in [1.165, 1.54) is 3.97 Å². The summed E-state index contributed by atoms with van der Waals surface area (Å²) in [6.07, 6.45) is 1.58. The molecule has 1 aromatic carbocycles. The second-order valence-corrected chi connectivity index (χ2v) is 8.12. The standard InChI is InChI=1S/C18H19N5O2S/c1-12-11-22(26(24,25)15-7-5-4-6-8-15)18-16(12)9-10-17(19-18)23-13(2)20-21-14(23)3/h4-11,13,20H,1-3H3. The molecule has 1 aliphatic heterocycles. The van der Waals surface area contributed by atoms with Crippen LogP contribution < -0.4 is 10.3 Å². The second kappa shape index (κ2) is 5.84. The molecule has 0 aliphatic carbocycles. The molecule has 3 heterocycles. The molecule has 0 radical (unpaired) electrons. The summed E-state index contributed by atoms with van der Waals surface area (Å²) in [6, 6.07) is 12.2. The van der Waals surface area contributed by atoms with Crippen LogP contribution in [0.4, 0.5) is 5.82 Å². The van der Waals surface area contributed by atoms with Crippen molar-refractivity contribution in [3.63, 3.8) is 0 Å². The third-order valence-electron chi connectivity index (χ3n) is 4.50. The van der Waals surface area contributed by atoms with Gasteiger partial charge < -0.3 is 0 Å². The van der Waals surface area contributed by atoms with Gasteiger partial charge in [0.15, 0.2) is 5.65 Å². The van der Waals surface area contributed by atoms with Gasteiger partial charge in [-0.1, -0.05) is 18.2 Å². The van der Waals surface area contributed by atoms with E-state index in [-0.39, 0.29) is 11.1 Å². The van der Waals surface area contributed by atoms with E-state index in [0.717, 1.165) is 16.8 Å². The van der Waals surface area contributed by atoms with Gasteiger partial charge in [0.1, 0.15) is 17.8 Å². The zero-order chi connectivity index (χ0) is 18.5. The summed E-state index contributed by atoms with van der Waals surface area (Å²) in [5.41, 5.74) is 4.26. The van der Waals surface area contributed by atoms with Gasteiger partial charge >= 0.3 is 0 Å². The topological polar surface area (TPSA) is 79.6 Å². The predicted octanol–water partition coefficient (Wildman–Crippen LogP) is 2.67. The van der Waals surface area contributed by atoms with Gasteiger partial charge in [-0.3, -0.25) is 10.3 Å². The summed E-state index contributed by atoms with van der Waals surface area (Å²) in [4.78, 5) is 6.83. The number of benzene rings is 1. The molecular weight excluding hydrogens is 350 g/mol. The van der Waals surface area contributed by atoms with Gasteiger partial charge in [0.25, 0.3) is 10.0 Å². The lowest BCUT2D eigenvalue weighted by Crippen LogP contribution is -2.37. The maximum Gasteiger partial charge on any atom is 0.269 e. The van der Waals surface area contributed by atoms with E-state index >= 15 is 0 Å². The van der Waals surface area contributed by atoms with Crippen LogP contribution in [0.2, 0.25) is 0 Å². The number of hydrogen-bond donors (Lipinski definition) is 1. The van der Waals surface area contributed by atoms with Crippen LogP contribution in [-0.2, 0) is 10.0 Å². The maximum atomic E-state index is 13.1. The summed E-state index contributed by atoms with van der Waals surface area (Å²) >= 11 is 0. The highest BCUT2D eigenvalue weighted by Crippen LogP contribution is 2.27. The molecule has 1 atom stereocenters. The van der Waals surface area contributed by atoms with E-state index in [1.54, 1.807) is 36.5 Å². The molecule has 0 saturated heterocycles. The molecule has 0 spiro atoms. The highest BCUT2D eigenvalue weighted by molar-refractivity contribution is 7.90. The smallest absolute Gasteiger partial charge is 0.269 e. The van der Waals surface area contributed by atoms with Crippen molar-refractivity contribution >= 4 is 32.7 Å². The van der Waals surface area contributed by atoms with Crippen molar-refractivity contribution in [3.05, 3.63) is 54.2 Å². The highest BCUT2D eigenvalue weighted by atomic mass is 32.2. The summed E-state index contributed by atoms with van der Waals surface area (Å²) in [7, 11) is -3.72. The second-order valence-electron chi connectivity index (χ2n) is 6.30. The van der Waals surface area contributed by atoms with Gasteiger partial charge in [0.2, 0.25) is 0 Å². The number of fused-ring (bicyclic) bond motifs is 1. The molecular formula is C18H19N5O2S. The molecule has 3 aromatic rings. The highest BCUT2D eigenvalue weighted by Gasteiger charge is 2.26. The number of hydrazone groups is 1. The average Bonchev–Trinajstić information content (AvgIpc) is 3.15. The van der Waals surface area contributed by atoms with Gasteiger partial charge in [0, 0.05) is 11.6 Å². The fraction of sp³-hybridized carbons (Fsp3) is 0.222. The van der Waals surface area contributed by atoms with Crippen molar-refractivity contribution in [2.24, 2.45) is 5.10 Å². The molecule has 1 unspecified atom stereocenters. The molecule has 0 saturated carbocycles. The zero-order valence-electron chi connectivity index (χ0n) is 14.7. The number of nitrogens with zero attached hydrogens (tertiary/aromatic N) is 4. The quantitative estimate of drug-likeness (QED) is 0.768. The first-order valence-corrected chi connectivity index (χ1v) is 9.72. The predicted molar refractivity (Wildman–Crippen MR) is 102 cm³/mol. The Balaban J connectivity index is 1.92. The molecule has 0 bridgehead atoms. The lowest BCUT2D eigenvalue weighted by Gasteiger charge is -2.22. The van der Waals surface area contributed by atoms with Crippen molar-refractivity contribution in [1.82, 2.24) is 14.4 Å². The van der Waals surface area contributed by atoms with Gasteiger partial charge in [-0.2, -0.15) is 5.10 Å². The van der Waals surface area contributed by atoms with Gasteiger partial charge in [-0.15, -0.1) is 0 Å².